The van der Waals surface area contributed by atoms with Gasteiger partial charge in [0.15, 0.2) is 0 Å². The normalized spacial score (nSPS) is 12.8. The lowest BCUT2D eigenvalue weighted by Gasteiger charge is -2.08. The summed E-state index contributed by atoms with van der Waals surface area (Å²) in [5, 5.41) is 22.3. The van der Waals surface area contributed by atoms with Crippen LogP contribution in [0.15, 0.2) is 59.0 Å². The van der Waals surface area contributed by atoms with E-state index in [1.165, 1.54) is 0 Å². The average Bonchev–Trinajstić information content (AvgIpc) is 3.09. The maximum atomic E-state index is 10.5. The zero-order valence-corrected chi connectivity index (χ0v) is 16.1. The fraction of sp³-hybridized carbons (Fsp3) is 0.167. The van der Waals surface area contributed by atoms with E-state index in [4.69, 9.17) is 14.9 Å². The van der Waals surface area contributed by atoms with Gasteiger partial charge < -0.3 is 25.1 Å². The van der Waals surface area contributed by atoms with Crippen molar-refractivity contribution in [2.45, 2.75) is 12.5 Å². The van der Waals surface area contributed by atoms with Crippen LogP contribution in [-0.4, -0.2) is 30.0 Å². The molecule has 3 aromatic carbocycles. The average molecular weight is 389 g/mol. The van der Waals surface area contributed by atoms with E-state index in [0.29, 0.717) is 17.8 Å². The monoisotopic (exact) mass is 389 g/mol. The number of aliphatic hydroxyl groups excluding tert-OH is 1. The van der Waals surface area contributed by atoms with Crippen LogP contribution in [-0.2, 0) is 6.42 Å². The summed E-state index contributed by atoms with van der Waals surface area (Å²) in [6, 6.07) is 16.6. The van der Waals surface area contributed by atoms with Gasteiger partial charge in [0.05, 0.1) is 13.7 Å². The highest BCUT2D eigenvalue weighted by atomic mass is 16.5. The fourth-order valence-corrected chi connectivity index (χ4v) is 3.56. The fourth-order valence-electron chi connectivity index (χ4n) is 3.56. The summed E-state index contributed by atoms with van der Waals surface area (Å²) in [5.41, 5.74) is 8.55. The summed E-state index contributed by atoms with van der Waals surface area (Å²) >= 11 is 0. The van der Waals surface area contributed by atoms with Crippen molar-refractivity contribution in [2.75, 3.05) is 13.7 Å². The first-order valence-corrected chi connectivity index (χ1v) is 9.45. The number of methoxy groups -OCH3 is 1. The minimum Gasteiger partial charge on any atom is -0.507 e. The predicted octanol–water partition coefficient (Wildman–Crippen LogP) is 4.33. The second kappa shape index (κ2) is 7.99. The Hall–Kier alpha value is -3.28. The molecule has 0 aliphatic rings. The SMILES string of the molecule is COc1cccc(/C=C/c2oc3c(cc(O)c4ccccc43)c2CC(N)CO)c1. The highest BCUT2D eigenvalue weighted by Crippen LogP contribution is 2.38. The lowest BCUT2D eigenvalue weighted by molar-refractivity contribution is 0.265. The molecule has 4 aromatic rings. The second-order valence-corrected chi connectivity index (χ2v) is 7.02. The second-order valence-electron chi connectivity index (χ2n) is 7.02. The van der Waals surface area contributed by atoms with Crippen molar-refractivity contribution in [2.24, 2.45) is 5.73 Å². The number of nitrogens with two attached hydrogens (primary N) is 1. The number of phenolic OH excluding ortho intramolecular Hbond substituents is 1. The van der Waals surface area contributed by atoms with Crippen LogP contribution in [0.5, 0.6) is 11.5 Å². The number of ether oxygens (including phenoxy) is 1. The Morgan fingerprint density at radius 2 is 1.83 bits per heavy atom. The Balaban J connectivity index is 1.88. The number of furan rings is 1. The molecular formula is C24H23NO4. The highest BCUT2D eigenvalue weighted by molar-refractivity contribution is 6.09. The van der Waals surface area contributed by atoms with Gasteiger partial charge in [0, 0.05) is 27.8 Å². The van der Waals surface area contributed by atoms with Crippen molar-refractivity contribution in [1.82, 2.24) is 0 Å². The third kappa shape index (κ3) is 3.70. The van der Waals surface area contributed by atoms with Gasteiger partial charge in [-0.2, -0.15) is 0 Å². The molecule has 0 amide bonds. The molecular weight excluding hydrogens is 366 g/mol. The lowest BCUT2D eigenvalue weighted by Crippen LogP contribution is -2.26. The third-order valence-corrected chi connectivity index (χ3v) is 5.03. The van der Waals surface area contributed by atoms with E-state index in [0.717, 1.165) is 33.0 Å². The quantitative estimate of drug-likeness (QED) is 0.457. The van der Waals surface area contributed by atoms with Gasteiger partial charge >= 0.3 is 0 Å². The summed E-state index contributed by atoms with van der Waals surface area (Å²) in [4.78, 5) is 0. The molecule has 0 spiro atoms. The third-order valence-electron chi connectivity index (χ3n) is 5.03. The zero-order chi connectivity index (χ0) is 20.4. The van der Waals surface area contributed by atoms with Gasteiger partial charge in [0.2, 0.25) is 0 Å². The highest BCUT2D eigenvalue weighted by Gasteiger charge is 2.18. The number of rotatable bonds is 6. The number of benzene rings is 3. The van der Waals surface area contributed by atoms with E-state index < -0.39 is 6.04 Å². The zero-order valence-electron chi connectivity index (χ0n) is 16.1. The van der Waals surface area contributed by atoms with E-state index >= 15 is 0 Å². The molecule has 148 valence electrons. The molecule has 1 unspecified atom stereocenters. The van der Waals surface area contributed by atoms with Crippen molar-refractivity contribution in [3.8, 4) is 11.5 Å². The van der Waals surface area contributed by atoms with Crippen LogP contribution in [0.3, 0.4) is 0 Å². The Labute approximate surface area is 168 Å². The van der Waals surface area contributed by atoms with Gasteiger partial charge in [-0.05, 0) is 36.3 Å². The molecule has 0 aliphatic carbocycles. The Kier molecular flexibility index (Phi) is 5.25. The minimum absolute atomic E-state index is 0.134. The molecule has 0 saturated heterocycles. The summed E-state index contributed by atoms with van der Waals surface area (Å²) in [5.74, 6) is 1.62. The Morgan fingerprint density at radius 3 is 2.59 bits per heavy atom. The molecule has 4 N–H and O–H groups in total. The van der Waals surface area contributed by atoms with Gasteiger partial charge in [-0.3, -0.25) is 0 Å². The number of aromatic hydroxyl groups is 1. The lowest BCUT2D eigenvalue weighted by atomic mass is 9.99. The summed E-state index contributed by atoms with van der Waals surface area (Å²) in [6.07, 6.45) is 4.26. The molecule has 4 rings (SSSR count). The van der Waals surface area contributed by atoms with Crippen LogP contribution in [0.1, 0.15) is 16.9 Å². The van der Waals surface area contributed by atoms with Crippen LogP contribution in [0, 0.1) is 0 Å². The van der Waals surface area contributed by atoms with Gasteiger partial charge in [0.1, 0.15) is 22.8 Å². The standard InChI is InChI=1S/C24H23NO4/c1-28-17-6-4-5-15(11-17)9-10-23-20(12-16(25)14-26)21-13-22(27)18-7-2-3-8-19(18)24(21)29-23/h2-11,13,16,26-27H,12,14,25H2,1H3/b10-9+. The molecule has 1 heterocycles. The van der Waals surface area contributed by atoms with Gasteiger partial charge in [-0.1, -0.05) is 42.5 Å². The molecule has 5 nitrogen and oxygen atoms in total. The summed E-state index contributed by atoms with van der Waals surface area (Å²) < 4.78 is 11.5. The van der Waals surface area contributed by atoms with Gasteiger partial charge in [0.25, 0.3) is 0 Å². The largest absolute Gasteiger partial charge is 0.507 e. The van der Waals surface area contributed by atoms with Crippen molar-refractivity contribution >= 4 is 33.9 Å². The topological polar surface area (TPSA) is 88.9 Å². The predicted molar refractivity (Wildman–Crippen MR) is 116 cm³/mol. The van der Waals surface area contributed by atoms with E-state index in [1.807, 2.05) is 60.7 Å². The maximum absolute atomic E-state index is 10.5. The van der Waals surface area contributed by atoms with E-state index in [-0.39, 0.29) is 12.4 Å². The van der Waals surface area contributed by atoms with Crippen LogP contribution in [0.2, 0.25) is 0 Å². The van der Waals surface area contributed by atoms with Crippen molar-refractivity contribution in [3.05, 3.63) is 71.5 Å². The minimum atomic E-state index is -0.423. The van der Waals surface area contributed by atoms with Crippen LogP contribution < -0.4 is 10.5 Å². The smallest absolute Gasteiger partial charge is 0.143 e. The van der Waals surface area contributed by atoms with Gasteiger partial charge in [-0.25, -0.2) is 0 Å². The number of hydrogen-bond acceptors (Lipinski definition) is 5. The molecule has 0 saturated carbocycles. The molecule has 0 fully saturated rings. The molecule has 5 heteroatoms. The summed E-state index contributed by atoms with van der Waals surface area (Å²) in [7, 11) is 1.63. The molecule has 0 bridgehead atoms. The van der Waals surface area contributed by atoms with E-state index in [2.05, 4.69) is 0 Å². The molecule has 0 radical (unpaired) electrons. The first-order valence-electron chi connectivity index (χ1n) is 9.45. The van der Waals surface area contributed by atoms with Crippen LogP contribution in [0.25, 0.3) is 33.9 Å². The molecule has 1 atom stereocenters. The van der Waals surface area contributed by atoms with Crippen molar-refractivity contribution in [3.63, 3.8) is 0 Å². The first kappa shape index (κ1) is 19.1. The van der Waals surface area contributed by atoms with Crippen LogP contribution in [0.4, 0.5) is 0 Å². The number of phenols is 1. The molecule has 29 heavy (non-hydrogen) atoms. The van der Waals surface area contributed by atoms with Crippen LogP contribution >= 0.6 is 0 Å². The van der Waals surface area contributed by atoms with Gasteiger partial charge in [-0.15, -0.1) is 0 Å². The Bertz CT molecular complexity index is 1190. The Morgan fingerprint density at radius 1 is 1.03 bits per heavy atom. The van der Waals surface area contributed by atoms with E-state index in [9.17, 15) is 10.2 Å². The number of aliphatic hydroxyl groups is 1. The first-order chi connectivity index (χ1) is 14.1. The number of hydrogen-bond donors (Lipinski definition) is 3. The van der Waals surface area contributed by atoms with Crippen molar-refractivity contribution in [1.29, 1.82) is 0 Å². The maximum Gasteiger partial charge on any atom is 0.143 e. The molecule has 1 aromatic heterocycles. The van der Waals surface area contributed by atoms with Crippen molar-refractivity contribution < 1.29 is 19.4 Å². The number of fused-ring (bicyclic) bond motifs is 3. The molecule has 0 aliphatic heterocycles. The summed E-state index contributed by atoms with van der Waals surface area (Å²) in [6.45, 7) is -0.134. The van der Waals surface area contributed by atoms with E-state index in [1.54, 1.807) is 13.2 Å².